The third-order valence-electron chi connectivity index (χ3n) is 1.77. The van der Waals surface area contributed by atoms with E-state index in [4.69, 9.17) is 11.5 Å². The molecule has 0 saturated carbocycles. The van der Waals surface area contributed by atoms with Gasteiger partial charge in [-0.05, 0) is 13.3 Å². The quantitative estimate of drug-likeness (QED) is 0.583. The Labute approximate surface area is 89.2 Å². The number of terminal acetylenes is 1. The summed E-state index contributed by atoms with van der Waals surface area (Å²) in [6.07, 6.45) is 5.68. The molecule has 0 bridgehead atoms. The molecule has 0 fully saturated rings. The Hall–Kier alpha value is -1.70. The zero-order chi connectivity index (χ0) is 11.8. The predicted molar refractivity (Wildman–Crippen MR) is 56.3 cm³/mol. The number of rotatable bonds is 5. The van der Waals surface area contributed by atoms with Gasteiger partial charge in [0.1, 0.15) is 0 Å². The topological polar surface area (TPSA) is 78.4 Å². The van der Waals surface area contributed by atoms with Gasteiger partial charge in [-0.3, -0.25) is 4.79 Å². The number of carboxylic acid groups (broad SMARTS) is 1. The highest BCUT2D eigenvalue weighted by Crippen LogP contribution is 1.92. The monoisotopic (exact) mass is 212 g/mol. The molecule has 3 N–H and O–H groups in total. The van der Waals surface area contributed by atoms with E-state index in [1.54, 1.807) is 6.92 Å². The summed E-state index contributed by atoms with van der Waals surface area (Å²) in [5, 5.41) is 13.5. The molecule has 5 nitrogen and oxygen atoms in total. The van der Waals surface area contributed by atoms with Gasteiger partial charge in [0.2, 0.25) is 0 Å². The van der Waals surface area contributed by atoms with Crippen molar-refractivity contribution in [1.29, 1.82) is 0 Å². The Balaban J connectivity index is 3.93. The number of carbonyl (C=O) groups is 2. The van der Waals surface area contributed by atoms with Crippen molar-refractivity contribution in [2.24, 2.45) is 0 Å². The second kappa shape index (κ2) is 6.71. The number of hydrogen-bond donors (Lipinski definition) is 3. The molecule has 0 aliphatic rings. The third-order valence-corrected chi connectivity index (χ3v) is 1.77. The fourth-order valence-corrected chi connectivity index (χ4v) is 0.998. The normalized spacial score (nSPS) is 13.4. The minimum absolute atomic E-state index is 0.111. The average Bonchev–Trinajstić information content (AvgIpc) is 2.12. The van der Waals surface area contributed by atoms with Crippen molar-refractivity contribution >= 4 is 12.0 Å². The molecule has 0 spiro atoms. The second-order valence-electron chi connectivity index (χ2n) is 3.24. The van der Waals surface area contributed by atoms with Crippen LogP contribution in [0.15, 0.2) is 0 Å². The maximum Gasteiger partial charge on any atom is 0.315 e. The Morgan fingerprint density at radius 3 is 2.47 bits per heavy atom. The first-order chi connectivity index (χ1) is 6.99. The maximum atomic E-state index is 11.3. The Morgan fingerprint density at radius 1 is 1.47 bits per heavy atom. The van der Waals surface area contributed by atoms with Gasteiger partial charge in [-0.2, -0.15) is 0 Å². The lowest BCUT2D eigenvalue weighted by Gasteiger charge is -2.15. The summed E-state index contributed by atoms with van der Waals surface area (Å²) in [7, 11) is 0. The second-order valence-corrected chi connectivity index (χ2v) is 3.24. The molecule has 0 rings (SSSR count). The van der Waals surface area contributed by atoms with Crippen molar-refractivity contribution in [3.8, 4) is 12.3 Å². The van der Waals surface area contributed by atoms with Crippen LogP contribution in [0.3, 0.4) is 0 Å². The Morgan fingerprint density at radius 2 is 2.07 bits per heavy atom. The van der Waals surface area contributed by atoms with E-state index >= 15 is 0 Å². The highest BCUT2D eigenvalue weighted by Gasteiger charge is 2.12. The molecule has 5 heteroatoms. The van der Waals surface area contributed by atoms with E-state index < -0.39 is 18.0 Å². The molecular weight excluding hydrogens is 196 g/mol. The van der Waals surface area contributed by atoms with Crippen LogP contribution in [-0.2, 0) is 4.79 Å². The van der Waals surface area contributed by atoms with Crippen LogP contribution in [0.1, 0.15) is 26.7 Å². The van der Waals surface area contributed by atoms with Crippen LogP contribution in [0.2, 0.25) is 0 Å². The van der Waals surface area contributed by atoms with Crippen LogP contribution in [0.4, 0.5) is 4.79 Å². The highest BCUT2D eigenvalue weighted by atomic mass is 16.4. The van der Waals surface area contributed by atoms with Crippen molar-refractivity contribution in [3.63, 3.8) is 0 Å². The van der Waals surface area contributed by atoms with Gasteiger partial charge >= 0.3 is 12.0 Å². The number of carbonyl (C=O) groups excluding carboxylic acids is 1. The zero-order valence-electron chi connectivity index (χ0n) is 8.91. The van der Waals surface area contributed by atoms with Gasteiger partial charge in [0, 0.05) is 6.04 Å². The van der Waals surface area contributed by atoms with Crippen molar-refractivity contribution in [2.75, 3.05) is 0 Å². The zero-order valence-corrected chi connectivity index (χ0v) is 8.91. The van der Waals surface area contributed by atoms with Crippen LogP contribution < -0.4 is 10.6 Å². The minimum Gasteiger partial charge on any atom is -0.481 e. The van der Waals surface area contributed by atoms with Gasteiger partial charge in [0.25, 0.3) is 0 Å². The predicted octanol–water partition coefficient (Wildman–Crippen LogP) is 0.561. The number of amides is 2. The number of hydrogen-bond acceptors (Lipinski definition) is 2. The molecule has 84 valence electrons. The SMILES string of the molecule is C#CC(CC)NC(=O)NC(C)CC(=O)O. The van der Waals surface area contributed by atoms with Crippen molar-refractivity contribution in [1.82, 2.24) is 10.6 Å². The maximum absolute atomic E-state index is 11.3. The van der Waals surface area contributed by atoms with Gasteiger partial charge in [-0.15, -0.1) is 6.42 Å². The number of aliphatic carboxylic acids is 1. The van der Waals surface area contributed by atoms with Crippen LogP contribution in [0, 0.1) is 12.3 Å². The Kier molecular flexibility index (Phi) is 5.95. The molecule has 0 aliphatic carbocycles. The molecule has 0 aromatic carbocycles. The summed E-state index contributed by atoms with van der Waals surface area (Å²) in [6.45, 7) is 3.47. The van der Waals surface area contributed by atoms with E-state index in [2.05, 4.69) is 16.6 Å². The van der Waals surface area contributed by atoms with E-state index in [1.165, 1.54) is 0 Å². The molecule has 0 saturated heterocycles. The summed E-state index contributed by atoms with van der Waals surface area (Å²) in [5.41, 5.74) is 0. The first-order valence-corrected chi connectivity index (χ1v) is 4.74. The van der Waals surface area contributed by atoms with E-state index in [-0.39, 0.29) is 12.5 Å². The summed E-state index contributed by atoms with van der Waals surface area (Å²) in [6, 6.07) is -1.17. The smallest absolute Gasteiger partial charge is 0.315 e. The van der Waals surface area contributed by atoms with Crippen LogP contribution in [0.5, 0.6) is 0 Å². The van der Waals surface area contributed by atoms with E-state index in [1.807, 2.05) is 6.92 Å². The molecule has 0 aliphatic heterocycles. The molecule has 0 heterocycles. The van der Waals surface area contributed by atoms with E-state index in [0.29, 0.717) is 6.42 Å². The molecule has 15 heavy (non-hydrogen) atoms. The van der Waals surface area contributed by atoms with Crippen LogP contribution in [-0.4, -0.2) is 29.2 Å². The first-order valence-electron chi connectivity index (χ1n) is 4.74. The van der Waals surface area contributed by atoms with Gasteiger partial charge in [-0.1, -0.05) is 12.8 Å². The molecule has 0 aromatic rings. The average molecular weight is 212 g/mol. The van der Waals surface area contributed by atoms with Crippen molar-refractivity contribution in [3.05, 3.63) is 0 Å². The van der Waals surface area contributed by atoms with Crippen LogP contribution in [0.25, 0.3) is 0 Å². The summed E-state index contributed by atoms with van der Waals surface area (Å²) in [5.74, 6) is 1.46. The molecule has 2 amide bonds. The van der Waals surface area contributed by atoms with Crippen molar-refractivity contribution in [2.45, 2.75) is 38.8 Å². The number of carboxylic acids is 1. The molecule has 2 unspecified atom stereocenters. The largest absolute Gasteiger partial charge is 0.481 e. The number of nitrogens with one attached hydrogen (secondary N) is 2. The first kappa shape index (κ1) is 13.3. The summed E-state index contributed by atoms with van der Waals surface area (Å²) in [4.78, 5) is 21.6. The molecular formula is C10H16N2O3. The van der Waals surface area contributed by atoms with Crippen LogP contribution >= 0.6 is 0 Å². The third kappa shape index (κ3) is 6.38. The number of urea groups is 1. The van der Waals surface area contributed by atoms with Gasteiger partial charge in [0.05, 0.1) is 12.5 Å². The van der Waals surface area contributed by atoms with Gasteiger partial charge < -0.3 is 15.7 Å². The van der Waals surface area contributed by atoms with Gasteiger partial charge in [0.15, 0.2) is 0 Å². The summed E-state index contributed by atoms with van der Waals surface area (Å²) < 4.78 is 0. The lowest BCUT2D eigenvalue weighted by atomic mass is 10.2. The lowest BCUT2D eigenvalue weighted by Crippen LogP contribution is -2.45. The van der Waals surface area contributed by atoms with Crippen molar-refractivity contribution < 1.29 is 14.7 Å². The lowest BCUT2D eigenvalue weighted by molar-refractivity contribution is -0.137. The molecule has 0 aromatic heterocycles. The fraction of sp³-hybridized carbons (Fsp3) is 0.600. The fourth-order valence-electron chi connectivity index (χ4n) is 0.998. The summed E-state index contributed by atoms with van der Waals surface area (Å²) >= 11 is 0. The van der Waals surface area contributed by atoms with Gasteiger partial charge in [-0.25, -0.2) is 4.79 Å². The van der Waals surface area contributed by atoms with E-state index in [9.17, 15) is 9.59 Å². The Bertz CT molecular complexity index is 270. The minimum atomic E-state index is -0.952. The highest BCUT2D eigenvalue weighted by molar-refractivity contribution is 5.76. The standard InChI is InChI=1S/C10H16N2O3/c1-4-8(5-2)12-10(15)11-7(3)6-9(13)14/h1,7-8H,5-6H2,2-3H3,(H,13,14)(H2,11,12,15). The van der Waals surface area contributed by atoms with E-state index in [0.717, 1.165) is 0 Å². The molecule has 0 radical (unpaired) electrons. The molecule has 2 atom stereocenters.